The Morgan fingerprint density at radius 3 is 2.43 bits per heavy atom. The third-order valence-electron chi connectivity index (χ3n) is 11.3. The van der Waals surface area contributed by atoms with Gasteiger partial charge in [-0.25, -0.2) is 4.79 Å². The van der Waals surface area contributed by atoms with Crippen LogP contribution in [0.3, 0.4) is 0 Å². The van der Waals surface area contributed by atoms with Crippen LogP contribution in [0.2, 0.25) is 0 Å². The molecule has 4 aliphatic carbocycles. The van der Waals surface area contributed by atoms with Crippen LogP contribution < -0.4 is 0 Å². The number of carbonyl (C=O) groups is 1. The number of H-pyrrole nitrogens is 1. The van der Waals surface area contributed by atoms with Crippen LogP contribution >= 0.6 is 0 Å². The summed E-state index contributed by atoms with van der Waals surface area (Å²) in [5, 5.41) is 73.9. The zero-order chi connectivity index (χ0) is 25.8. The molecule has 0 radical (unpaired) electrons. The van der Waals surface area contributed by atoms with E-state index in [1.165, 1.54) is 26.1 Å². The highest BCUT2D eigenvalue weighted by Gasteiger charge is 3.10. The first-order valence-corrected chi connectivity index (χ1v) is 12.4. The molecule has 3 heterocycles. The second-order valence-corrected chi connectivity index (χ2v) is 12.4. The van der Waals surface area contributed by atoms with Crippen molar-refractivity contribution in [3.63, 3.8) is 0 Å². The van der Waals surface area contributed by atoms with Crippen molar-refractivity contribution in [1.82, 2.24) is 4.98 Å². The van der Waals surface area contributed by atoms with E-state index in [4.69, 9.17) is 9.47 Å². The van der Waals surface area contributed by atoms with Gasteiger partial charge in [-0.1, -0.05) is 27.7 Å². The summed E-state index contributed by atoms with van der Waals surface area (Å²) in [5.74, 6) is -4.34. The molecule has 35 heavy (non-hydrogen) atoms. The van der Waals surface area contributed by atoms with Crippen molar-refractivity contribution in [1.29, 1.82) is 0 Å². The van der Waals surface area contributed by atoms with E-state index in [-0.39, 0.29) is 18.5 Å². The van der Waals surface area contributed by atoms with Crippen LogP contribution in [0.25, 0.3) is 0 Å². The predicted molar refractivity (Wildman–Crippen MR) is 119 cm³/mol. The molecular weight excluding hydrogens is 458 g/mol. The molecule has 194 valence electrons. The third kappa shape index (κ3) is 1.74. The van der Waals surface area contributed by atoms with Gasteiger partial charge in [-0.2, -0.15) is 0 Å². The first-order valence-electron chi connectivity index (χ1n) is 12.4. The first kappa shape index (κ1) is 23.8. The lowest BCUT2D eigenvalue weighted by atomic mass is 9.52. The lowest BCUT2D eigenvalue weighted by molar-refractivity contribution is -0.390. The average Bonchev–Trinajstić information content (AvgIpc) is 3.41. The van der Waals surface area contributed by atoms with E-state index in [1.54, 1.807) is 26.8 Å². The molecule has 7 N–H and O–H groups in total. The minimum Gasteiger partial charge on any atom is -0.451 e. The van der Waals surface area contributed by atoms with Crippen molar-refractivity contribution in [2.45, 2.75) is 99.9 Å². The van der Waals surface area contributed by atoms with Crippen LogP contribution in [-0.2, 0) is 9.47 Å². The van der Waals surface area contributed by atoms with Crippen LogP contribution in [0.5, 0.6) is 0 Å². The Morgan fingerprint density at radius 1 is 1.20 bits per heavy atom. The molecule has 0 aromatic carbocycles. The van der Waals surface area contributed by atoms with Crippen LogP contribution in [0, 0.1) is 22.7 Å². The maximum atomic E-state index is 13.2. The Kier molecular flexibility index (Phi) is 4.06. The molecule has 1 aromatic heterocycles. The van der Waals surface area contributed by atoms with Gasteiger partial charge in [-0.3, -0.25) is 0 Å². The van der Waals surface area contributed by atoms with Crippen LogP contribution in [0.1, 0.15) is 64.4 Å². The van der Waals surface area contributed by atoms with E-state index in [0.717, 1.165) is 0 Å². The number of ether oxygens (including phenoxy) is 2. The molecule has 2 saturated heterocycles. The lowest BCUT2D eigenvalue weighted by Gasteiger charge is -2.60. The van der Waals surface area contributed by atoms with Crippen LogP contribution in [0.15, 0.2) is 18.3 Å². The molecular formula is C25H35NO9. The number of aromatic amines is 1. The summed E-state index contributed by atoms with van der Waals surface area (Å²) in [6, 6.07) is 3.06. The third-order valence-corrected chi connectivity index (χ3v) is 11.3. The normalized spacial score (nSPS) is 59.8. The van der Waals surface area contributed by atoms with Gasteiger partial charge in [0.05, 0.1) is 11.5 Å². The number of rotatable bonds is 3. The van der Waals surface area contributed by atoms with Gasteiger partial charge in [-0.15, -0.1) is 0 Å². The van der Waals surface area contributed by atoms with E-state index in [9.17, 15) is 35.4 Å². The Morgan fingerprint density at radius 2 is 1.86 bits per heavy atom. The SMILES string of the molecule is CC1CC[C@]2(O)[C@]3(C)C[C@]4(O)O[C@@]2(C1O)[C@]1(O)[C@@]3(O)C(OC(=O)c2ccc[nH]2)[C@](O)(C(C)C)[C@]14C. The van der Waals surface area contributed by atoms with E-state index >= 15 is 0 Å². The molecule has 6 fully saturated rings. The lowest BCUT2D eigenvalue weighted by Crippen LogP contribution is -2.75. The smallest absolute Gasteiger partial charge is 0.355 e. The highest BCUT2D eigenvalue weighted by molar-refractivity contribution is 5.87. The van der Waals surface area contributed by atoms with Crippen molar-refractivity contribution in [3.05, 3.63) is 24.0 Å². The number of hydrogen-bond donors (Lipinski definition) is 7. The fraction of sp³-hybridized carbons (Fsp3) is 0.800. The zero-order valence-electron chi connectivity index (χ0n) is 20.6. The molecule has 6 bridgehead atoms. The average molecular weight is 494 g/mol. The summed E-state index contributed by atoms with van der Waals surface area (Å²) in [4.78, 5) is 15.9. The summed E-state index contributed by atoms with van der Waals surface area (Å²) >= 11 is 0. The molecule has 6 aliphatic rings. The Balaban J connectivity index is 1.69. The van der Waals surface area contributed by atoms with Crippen molar-refractivity contribution in [2.75, 3.05) is 0 Å². The van der Waals surface area contributed by atoms with Crippen molar-refractivity contribution < 1.29 is 44.9 Å². The Bertz CT molecular complexity index is 1130. The maximum Gasteiger partial charge on any atom is 0.355 e. The number of hydrogen-bond acceptors (Lipinski definition) is 9. The van der Waals surface area contributed by atoms with Gasteiger partial charge >= 0.3 is 5.97 Å². The largest absolute Gasteiger partial charge is 0.451 e. The fourth-order valence-corrected chi connectivity index (χ4v) is 9.56. The number of aliphatic hydroxyl groups excluding tert-OH is 1. The summed E-state index contributed by atoms with van der Waals surface area (Å²) in [5.41, 5.74) is -15.2. The number of carbonyl (C=O) groups excluding carboxylic acids is 1. The molecule has 10 nitrogen and oxygen atoms in total. The van der Waals surface area contributed by atoms with Crippen molar-refractivity contribution >= 4 is 5.97 Å². The molecule has 1 spiro atoms. The zero-order valence-corrected chi connectivity index (χ0v) is 20.6. The summed E-state index contributed by atoms with van der Waals surface area (Å²) < 4.78 is 12.1. The first-order chi connectivity index (χ1) is 16.0. The van der Waals surface area contributed by atoms with Crippen molar-refractivity contribution in [2.24, 2.45) is 22.7 Å². The molecule has 1 aromatic rings. The van der Waals surface area contributed by atoms with E-state index in [2.05, 4.69) is 4.98 Å². The van der Waals surface area contributed by atoms with Gasteiger partial charge in [0.15, 0.2) is 17.5 Å². The van der Waals surface area contributed by atoms with Crippen LogP contribution in [-0.4, -0.2) is 87.6 Å². The van der Waals surface area contributed by atoms with Gasteiger partial charge in [0.2, 0.25) is 0 Å². The van der Waals surface area contributed by atoms with Gasteiger partial charge in [0.1, 0.15) is 28.1 Å². The quantitative estimate of drug-likeness (QED) is 0.282. The van der Waals surface area contributed by atoms with Gasteiger partial charge in [-0.05, 0) is 43.7 Å². The van der Waals surface area contributed by atoms with Gasteiger partial charge in [0, 0.05) is 18.0 Å². The topological polar surface area (TPSA) is 173 Å². The molecule has 3 unspecified atom stereocenters. The molecule has 2 aliphatic heterocycles. The summed E-state index contributed by atoms with van der Waals surface area (Å²) in [7, 11) is 0. The molecule has 7 rings (SSSR count). The molecule has 11 atom stereocenters. The Hall–Kier alpha value is -1.53. The second kappa shape index (κ2) is 5.96. The Labute approximate surface area is 202 Å². The standard InChI is InChI=1S/C25H35NO9/c1-12(2)22(31)17(34-16(28)14-7-6-10-26-14)23(32)18(4)11-21(30)19(22,5)25(23,33)24(35-21)15(27)13(3)8-9-20(18,24)29/h6-7,10,12-13,15,17,26-27,29-33H,8-9,11H2,1-5H3/t13?,15?,17?,18-,19+,20-,21-,22+,23+,24+,25+/m0/s1. The van der Waals surface area contributed by atoms with Gasteiger partial charge < -0.3 is 45.1 Å². The minimum absolute atomic E-state index is 0.0654. The second-order valence-electron chi connectivity index (χ2n) is 12.4. The highest BCUT2D eigenvalue weighted by Crippen LogP contribution is 2.90. The molecule has 0 amide bonds. The highest BCUT2D eigenvalue weighted by atomic mass is 16.7. The van der Waals surface area contributed by atoms with E-state index in [1.807, 2.05) is 0 Å². The van der Waals surface area contributed by atoms with Crippen molar-refractivity contribution in [3.8, 4) is 0 Å². The van der Waals surface area contributed by atoms with Crippen LogP contribution in [0.4, 0.5) is 0 Å². The molecule has 10 heteroatoms. The number of nitrogens with one attached hydrogen (secondary N) is 1. The summed E-state index contributed by atoms with van der Waals surface area (Å²) in [6.07, 6.45) is -1.63. The molecule has 4 saturated carbocycles. The number of esters is 1. The monoisotopic (exact) mass is 493 g/mol. The number of aromatic nitrogens is 1. The van der Waals surface area contributed by atoms with E-state index < -0.39 is 74.6 Å². The number of aliphatic hydroxyl groups is 6. The maximum absolute atomic E-state index is 13.2. The minimum atomic E-state index is -2.59. The van der Waals surface area contributed by atoms with E-state index in [0.29, 0.717) is 6.42 Å². The predicted octanol–water partition coefficient (Wildman–Crippen LogP) is -0.188. The fourth-order valence-electron chi connectivity index (χ4n) is 9.56. The summed E-state index contributed by atoms with van der Waals surface area (Å²) in [6.45, 7) is 7.91. The van der Waals surface area contributed by atoms with Gasteiger partial charge in [0.25, 0.3) is 0 Å².